The van der Waals surface area contributed by atoms with Crippen LogP contribution in [0.25, 0.3) is 0 Å². The van der Waals surface area contributed by atoms with Crippen molar-refractivity contribution in [2.45, 2.75) is 148 Å². The van der Waals surface area contributed by atoms with Crippen LogP contribution in [0.5, 0.6) is 0 Å². The van der Waals surface area contributed by atoms with E-state index in [1.807, 2.05) is 33.8 Å². The Bertz CT molecular complexity index is 1790. The molecule has 1 saturated heterocycles. The second kappa shape index (κ2) is 24.4. The van der Waals surface area contributed by atoms with E-state index in [-0.39, 0.29) is 61.3 Å². The predicted octanol–water partition coefficient (Wildman–Crippen LogP) is 2.98. The molecule has 2 aliphatic rings. The monoisotopic (exact) mass is 899 g/mol. The zero-order valence-electron chi connectivity index (χ0n) is 39.7. The van der Waals surface area contributed by atoms with E-state index in [4.69, 9.17) is 9.47 Å². The normalized spacial score (nSPS) is 19.7. The van der Waals surface area contributed by atoms with Crippen LogP contribution in [0.2, 0.25) is 0 Å². The van der Waals surface area contributed by atoms with Gasteiger partial charge in [-0.05, 0) is 63.0 Å². The molecule has 17 heteroatoms. The summed E-state index contributed by atoms with van der Waals surface area (Å²) in [4.78, 5) is 99.5. The van der Waals surface area contributed by atoms with E-state index in [1.165, 1.54) is 43.2 Å². The average molecular weight is 899 g/mol. The van der Waals surface area contributed by atoms with Crippen LogP contribution >= 0.6 is 0 Å². The van der Waals surface area contributed by atoms with Crippen molar-refractivity contribution in [2.24, 2.45) is 17.8 Å². The van der Waals surface area contributed by atoms with Gasteiger partial charge in [-0.1, -0.05) is 71.4 Å². The Morgan fingerprint density at radius 3 is 2.17 bits per heavy atom. The maximum absolute atomic E-state index is 14.5. The summed E-state index contributed by atoms with van der Waals surface area (Å²) in [7, 11) is 6.15. The smallest absolute Gasteiger partial charge is 0.326 e. The van der Waals surface area contributed by atoms with Gasteiger partial charge in [0.25, 0.3) is 0 Å². The second-order valence-electron chi connectivity index (χ2n) is 18.1. The predicted molar refractivity (Wildman–Crippen MR) is 240 cm³/mol. The number of likely N-dealkylation sites (N-methyl/N-ethyl adjacent to an activating group) is 2. The van der Waals surface area contributed by atoms with Crippen LogP contribution in [0.3, 0.4) is 0 Å². The number of ether oxygens (including phenoxy) is 2. The number of nitrogens with zero attached hydrogens (tertiary/aromatic N) is 4. The van der Waals surface area contributed by atoms with Gasteiger partial charge in [0.15, 0.2) is 0 Å². The van der Waals surface area contributed by atoms with Crippen LogP contribution < -0.4 is 10.6 Å². The molecule has 0 radical (unpaired) electrons. The van der Waals surface area contributed by atoms with Crippen molar-refractivity contribution >= 4 is 41.4 Å². The number of carbonyl (C=O) groups is 7. The molecule has 0 aromatic heterocycles. The fourth-order valence-corrected chi connectivity index (χ4v) is 8.64. The standard InChI is InChI=1S/C47H74N6O11/c1-12-30(4)41(50(8)44(59)40(29(2)3)49-46(62)47(6,7)51(9)36(54)22-16-17-25-53-37(55)23-24-38(53)56)35(63-10)28-39(57)52-26-18-21-34(52)42(64-11)31(5)43(58)48-33(45(60)61)27-32-19-14-13-15-20-32/h13-15,19-20,23-24,29-31,33-35,37,40-42,55H,12,16-18,21-22,25-28H2,1-11H3,(H,48,58)(H,49,62)(H,60,61)/t30-,31+,33-,34-,35+,37?,40-,41-,42+/m0/s1. The van der Waals surface area contributed by atoms with Crippen molar-refractivity contribution in [3.05, 3.63) is 48.0 Å². The van der Waals surface area contributed by atoms with E-state index in [2.05, 4.69) is 10.6 Å². The number of amides is 6. The SMILES string of the molecule is CC[C@H](C)[C@@H]([C@@H](CC(=O)N1CCC[C@H]1[C@H](OC)[C@@H](C)C(=O)N[C@@H](Cc1ccccc1)C(=O)O)OC)N(C)C(=O)[C@@H](NC(=O)C(C)(C)N(C)C(=O)CCCCN1C(=O)C=CC1O)C(C)C. The number of carbonyl (C=O) groups excluding carboxylic acids is 6. The van der Waals surface area contributed by atoms with Gasteiger partial charge in [-0.25, -0.2) is 4.79 Å². The number of carboxylic acid groups (broad SMARTS) is 1. The third-order valence-corrected chi connectivity index (χ3v) is 13.2. The lowest BCUT2D eigenvalue weighted by molar-refractivity contribution is -0.150. The molecule has 3 rings (SSSR count). The second-order valence-corrected chi connectivity index (χ2v) is 18.1. The number of nitrogens with one attached hydrogen (secondary N) is 2. The van der Waals surface area contributed by atoms with Crippen LogP contribution in [-0.2, 0) is 49.5 Å². The Kier molecular flexibility index (Phi) is 20.4. The van der Waals surface area contributed by atoms with Gasteiger partial charge in [-0.3, -0.25) is 28.8 Å². The first kappa shape index (κ1) is 53.5. The van der Waals surface area contributed by atoms with E-state index in [0.717, 1.165) is 5.56 Å². The summed E-state index contributed by atoms with van der Waals surface area (Å²) in [5, 5.41) is 25.4. The summed E-state index contributed by atoms with van der Waals surface area (Å²) in [5.41, 5.74) is -0.575. The summed E-state index contributed by atoms with van der Waals surface area (Å²) in [6.45, 7) is 13.2. The molecule has 1 aromatic carbocycles. The highest BCUT2D eigenvalue weighted by molar-refractivity contribution is 5.94. The van der Waals surface area contributed by atoms with Gasteiger partial charge in [0.2, 0.25) is 35.4 Å². The minimum atomic E-state index is -1.34. The first-order valence-corrected chi connectivity index (χ1v) is 22.6. The highest BCUT2D eigenvalue weighted by Crippen LogP contribution is 2.30. The summed E-state index contributed by atoms with van der Waals surface area (Å²) in [5.74, 6) is -4.68. The molecule has 2 heterocycles. The van der Waals surface area contributed by atoms with Crippen LogP contribution in [0.4, 0.5) is 0 Å². The summed E-state index contributed by atoms with van der Waals surface area (Å²) >= 11 is 0. The van der Waals surface area contributed by atoms with Crippen molar-refractivity contribution in [1.29, 1.82) is 0 Å². The third kappa shape index (κ3) is 13.6. The van der Waals surface area contributed by atoms with Crippen LogP contribution in [0.1, 0.15) is 99.0 Å². The Morgan fingerprint density at radius 1 is 0.969 bits per heavy atom. The van der Waals surface area contributed by atoms with Crippen molar-refractivity contribution in [3.63, 3.8) is 0 Å². The fourth-order valence-electron chi connectivity index (χ4n) is 8.64. The number of rotatable bonds is 25. The molecule has 0 saturated carbocycles. The molecule has 9 atom stereocenters. The van der Waals surface area contributed by atoms with E-state index >= 15 is 0 Å². The number of methoxy groups -OCH3 is 2. The lowest BCUT2D eigenvalue weighted by Gasteiger charge is -2.41. The maximum atomic E-state index is 14.5. The highest BCUT2D eigenvalue weighted by Gasteiger charge is 2.44. The number of unbranched alkanes of at least 4 members (excludes halogenated alkanes) is 1. The number of likely N-dealkylation sites (tertiary alicyclic amines) is 1. The number of aliphatic carboxylic acids is 1. The molecule has 1 unspecified atom stereocenters. The molecular formula is C47H74N6O11. The summed E-state index contributed by atoms with van der Waals surface area (Å²) in [6, 6.07) is 5.82. The number of hydrogen-bond donors (Lipinski definition) is 4. The number of carboxylic acids is 1. The highest BCUT2D eigenvalue weighted by atomic mass is 16.5. The molecular weight excluding hydrogens is 825 g/mol. The molecule has 4 N–H and O–H groups in total. The topological polar surface area (TPSA) is 215 Å². The Hall–Kier alpha value is -4.87. The number of benzene rings is 1. The minimum Gasteiger partial charge on any atom is -0.480 e. The summed E-state index contributed by atoms with van der Waals surface area (Å²) < 4.78 is 11.9. The van der Waals surface area contributed by atoms with Crippen molar-refractivity contribution < 1.29 is 53.2 Å². The molecule has 1 aromatic rings. The van der Waals surface area contributed by atoms with Gasteiger partial charge in [0.05, 0.1) is 36.6 Å². The van der Waals surface area contributed by atoms with Crippen molar-refractivity contribution in [2.75, 3.05) is 41.4 Å². The molecule has 0 aliphatic carbocycles. The maximum Gasteiger partial charge on any atom is 0.326 e. The Morgan fingerprint density at radius 2 is 1.62 bits per heavy atom. The molecule has 0 bridgehead atoms. The van der Waals surface area contributed by atoms with E-state index in [9.17, 15) is 43.8 Å². The number of aliphatic hydroxyl groups is 1. The molecule has 0 spiro atoms. The van der Waals surface area contributed by atoms with Crippen LogP contribution in [0, 0.1) is 17.8 Å². The third-order valence-electron chi connectivity index (χ3n) is 13.2. The van der Waals surface area contributed by atoms with Gasteiger partial charge in [-0.15, -0.1) is 0 Å². The molecule has 2 aliphatic heterocycles. The van der Waals surface area contributed by atoms with Gasteiger partial charge >= 0.3 is 5.97 Å². The van der Waals surface area contributed by atoms with Gasteiger partial charge in [0.1, 0.15) is 23.9 Å². The Labute approximate surface area is 379 Å². The van der Waals surface area contributed by atoms with Crippen LogP contribution in [-0.4, -0.2) is 161 Å². The average Bonchev–Trinajstić information content (AvgIpc) is 3.88. The summed E-state index contributed by atoms with van der Waals surface area (Å²) in [6.07, 6.45) is 3.18. The minimum absolute atomic E-state index is 0.0841. The quantitative estimate of drug-likeness (QED) is 0.105. The van der Waals surface area contributed by atoms with E-state index in [0.29, 0.717) is 38.6 Å². The molecule has 1 fully saturated rings. The zero-order chi connectivity index (χ0) is 48.1. The van der Waals surface area contributed by atoms with Crippen LogP contribution in [0.15, 0.2) is 42.5 Å². The lowest BCUT2D eigenvalue weighted by atomic mass is 9.89. The first-order chi connectivity index (χ1) is 30.1. The fraction of sp³-hybridized carbons (Fsp3) is 0.681. The molecule has 6 amide bonds. The molecule has 17 nitrogen and oxygen atoms in total. The van der Waals surface area contributed by atoms with Gasteiger partial charge < -0.3 is 49.9 Å². The zero-order valence-corrected chi connectivity index (χ0v) is 39.7. The number of hydrogen-bond acceptors (Lipinski definition) is 10. The molecule has 64 heavy (non-hydrogen) atoms. The van der Waals surface area contributed by atoms with Gasteiger partial charge in [0, 0.05) is 60.3 Å². The van der Waals surface area contributed by atoms with Crippen molar-refractivity contribution in [3.8, 4) is 0 Å². The Balaban J connectivity index is 1.71. The number of aliphatic hydroxyl groups excluding tert-OH is 1. The van der Waals surface area contributed by atoms with E-state index < -0.39 is 71.8 Å². The molecule has 358 valence electrons. The lowest BCUT2D eigenvalue weighted by Crippen LogP contribution is -2.62. The first-order valence-electron chi connectivity index (χ1n) is 22.6. The largest absolute Gasteiger partial charge is 0.480 e. The van der Waals surface area contributed by atoms with Crippen molar-refractivity contribution in [1.82, 2.24) is 30.2 Å². The van der Waals surface area contributed by atoms with Gasteiger partial charge in [-0.2, -0.15) is 0 Å². The van der Waals surface area contributed by atoms with E-state index in [1.54, 1.807) is 61.9 Å².